The fraction of sp³-hybridized carbons (Fsp3) is 0.857. The largest absolute Gasteiger partial charge is 0.353 e. The van der Waals surface area contributed by atoms with Crippen LogP contribution in [0.25, 0.3) is 0 Å². The maximum atomic E-state index is 11.8. The number of nitrogens with one attached hydrogen (secondary N) is 1. The lowest BCUT2D eigenvalue weighted by atomic mass is 9.93. The summed E-state index contributed by atoms with van der Waals surface area (Å²) in [6, 6.07) is 0.638. The van der Waals surface area contributed by atoms with Crippen LogP contribution in [0.5, 0.6) is 0 Å². The van der Waals surface area contributed by atoms with E-state index in [1.54, 1.807) is 0 Å². The van der Waals surface area contributed by atoms with Crippen molar-refractivity contribution in [3.8, 4) is 0 Å². The molecule has 1 aliphatic carbocycles. The highest BCUT2D eigenvalue weighted by Gasteiger charge is 2.23. The Hall–Kier alpha value is -0.900. The molecule has 1 N–H and O–H groups in total. The van der Waals surface area contributed by atoms with E-state index in [0.717, 1.165) is 25.7 Å². The average molecular weight is 254 g/mol. The Labute approximate surface area is 110 Å². The van der Waals surface area contributed by atoms with E-state index >= 15 is 0 Å². The molecule has 0 aromatic rings. The van der Waals surface area contributed by atoms with Crippen molar-refractivity contribution >= 4 is 11.7 Å². The molecule has 1 unspecified atom stereocenters. The van der Waals surface area contributed by atoms with Gasteiger partial charge >= 0.3 is 0 Å². The first kappa shape index (κ1) is 15.2. The van der Waals surface area contributed by atoms with Gasteiger partial charge in [-0.3, -0.25) is 14.5 Å². The van der Waals surface area contributed by atoms with Gasteiger partial charge in [-0.15, -0.1) is 0 Å². The molecule has 1 aliphatic rings. The topological polar surface area (TPSA) is 49.4 Å². The molecule has 18 heavy (non-hydrogen) atoms. The Morgan fingerprint density at radius 3 is 2.61 bits per heavy atom. The second kappa shape index (κ2) is 7.52. The van der Waals surface area contributed by atoms with E-state index in [4.69, 9.17) is 0 Å². The second-order valence-corrected chi connectivity index (χ2v) is 5.44. The average Bonchev–Trinajstić information content (AvgIpc) is 2.29. The molecule has 0 aromatic carbocycles. The molecule has 0 bridgehead atoms. The van der Waals surface area contributed by atoms with E-state index in [1.807, 2.05) is 14.0 Å². The van der Waals surface area contributed by atoms with Gasteiger partial charge in [0.05, 0.1) is 6.54 Å². The fourth-order valence-electron chi connectivity index (χ4n) is 2.55. The minimum absolute atomic E-state index is 0.0929. The summed E-state index contributed by atoms with van der Waals surface area (Å²) in [5.41, 5.74) is 0. The highest BCUT2D eigenvalue weighted by molar-refractivity contribution is 5.79. The maximum Gasteiger partial charge on any atom is 0.234 e. The summed E-state index contributed by atoms with van der Waals surface area (Å²) in [6.45, 7) is 4.60. The number of hydrogen-bond donors (Lipinski definition) is 1. The van der Waals surface area contributed by atoms with Crippen LogP contribution >= 0.6 is 0 Å². The summed E-state index contributed by atoms with van der Waals surface area (Å²) < 4.78 is 0. The minimum Gasteiger partial charge on any atom is -0.353 e. The molecule has 0 spiro atoms. The molecule has 0 radical (unpaired) electrons. The van der Waals surface area contributed by atoms with Crippen LogP contribution in [-0.4, -0.2) is 42.3 Å². The van der Waals surface area contributed by atoms with Crippen LogP contribution in [0.4, 0.5) is 0 Å². The first-order chi connectivity index (χ1) is 8.52. The number of Topliss-reactive ketones (excluding diaryl/α,β-unsaturated/α-hetero) is 1. The van der Waals surface area contributed by atoms with E-state index in [9.17, 15) is 9.59 Å². The normalized spacial score (nSPS) is 19.0. The molecule has 4 nitrogen and oxygen atoms in total. The zero-order valence-corrected chi connectivity index (χ0v) is 11.9. The number of likely N-dealkylation sites (N-methyl/N-ethyl adjacent to an activating group) is 1. The molecule has 0 aliphatic heterocycles. The Morgan fingerprint density at radius 2 is 2.06 bits per heavy atom. The monoisotopic (exact) mass is 254 g/mol. The van der Waals surface area contributed by atoms with Gasteiger partial charge in [-0.05, 0) is 33.2 Å². The molecule has 0 saturated heterocycles. The van der Waals surface area contributed by atoms with E-state index < -0.39 is 0 Å². The van der Waals surface area contributed by atoms with Gasteiger partial charge in [0.2, 0.25) is 5.91 Å². The van der Waals surface area contributed by atoms with Crippen LogP contribution in [-0.2, 0) is 9.59 Å². The smallest absolute Gasteiger partial charge is 0.234 e. The molecule has 4 heteroatoms. The van der Waals surface area contributed by atoms with Gasteiger partial charge in [0, 0.05) is 24.9 Å². The molecule has 1 atom stereocenters. The van der Waals surface area contributed by atoms with Crippen molar-refractivity contribution in [3.63, 3.8) is 0 Å². The standard InChI is InChI=1S/C14H26N2O2/c1-4-5-11(2)15-14(18)10-16(3)12-6-8-13(17)9-7-12/h11-12H,4-10H2,1-3H3,(H,15,18). The van der Waals surface area contributed by atoms with Crippen LogP contribution in [0, 0.1) is 0 Å². The third kappa shape index (κ3) is 5.17. The first-order valence-corrected chi connectivity index (χ1v) is 7.04. The van der Waals surface area contributed by atoms with Crippen molar-refractivity contribution in [2.24, 2.45) is 0 Å². The lowest BCUT2D eigenvalue weighted by molar-refractivity contribution is -0.123. The molecular formula is C14H26N2O2. The quantitative estimate of drug-likeness (QED) is 0.785. The number of rotatable bonds is 6. The zero-order valence-electron chi connectivity index (χ0n) is 11.9. The fourth-order valence-corrected chi connectivity index (χ4v) is 2.55. The van der Waals surface area contributed by atoms with Crippen LogP contribution < -0.4 is 5.32 Å². The van der Waals surface area contributed by atoms with Gasteiger partial charge in [0.1, 0.15) is 5.78 Å². The van der Waals surface area contributed by atoms with Crippen LogP contribution in [0.3, 0.4) is 0 Å². The molecule has 1 amide bonds. The minimum atomic E-state index is 0.0929. The van der Waals surface area contributed by atoms with Crippen molar-refractivity contribution in [2.75, 3.05) is 13.6 Å². The number of hydrogen-bond acceptors (Lipinski definition) is 3. The van der Waals surface area contributed by atoms with E-state index in [1.165, 1.54) is 0 Å². The highest BCUT2D eigenvalue weighted by atomic mass is 16.2. The van der Waals surface area contributed by atoms with Gasteiger partial charge in [0.25, 0.3) is 0 Å². The predicted octanol–water partition coefficient (Wildman–Crippen LogP) is 1.73. The Kier molecular flexibility index (Phi) is 6.33. The zero-order chi connectivity index (χ0) is 13.5. The van der Waals surface area contributed by atoms with Crippen molar-refractivity contribution in [2.45, 2.75) is 64.5 Å². The van der Waals surface area contributed by atoms with Gasteiger partial charge in [-0.2, -0.15) is 0 Å². The molecule has 1 rings (SSSR count). The number of carbonyl (C=O) groups is 2. The lowest BCUT2D eigenvalue weighted by Crippen LogP contribution is -2.44. The molecule has 0 aromatic heterocycles. The summed E-state index contributed by atoms with van der Waals surface area (Å²) in [5, 5.41) is 3.01. The number of nitrogens with zero attached hydrogens (tertiary/aromatic N) is 1. The van der Waals surface area contributed by atoms with Gasteiger partial charge in [-0.25, -0.2) is 0 Å². The first-order valence-electron chi connectivity index (χ1n) is 7.04. The molecular weight excluding hydrogens is 228 g/mol. The SMILES string of the molecule is CCCC(C)NC(=O)CN(C)C1CCC(=O)CC1. The lowest BCUT2D eigenvalue weighted by Gasteiger charge is -2.30. The highest BCUT2D eigenvalue weighted by Crippen LogP contribution is 2.19. The number of carbonyl (C=O) groups excluding carboxylic acids is 2. The van der Waals surface area contributed by atoms with Crippen molar-refractivity contribution < 1.29 is 9.59 Å². The van der Waals surface area contributed by atoms with Gasteiger partial charge < -0.3 is 5.32 Å². The third-order valence-corrected chi connectivity index (χ3v) is 3.66. The Balaban J connectivity index is 2.28. The summed E-state index contributed by atoms with van der Waals surface area (Å²) >= 11 is 0. The Bertz CT molecular complexity index is 282. The van der Waals surface area contributed by atoms with Crippen LogP contribution in [0.1, 0.15) is 52.4 Å². The second-order valence-electron chi connectivity index (χ2n) is 5.44. The van der Waals surface area contributed by atoms with E-state index in [2.05, 4.69) is 17.1 Å². The van der Waals surface area contributed by atoms with Crippen LogP contribution in [0.15, 0.2) is 0 Å². The van der Waals surface area contributed by atoms with E-state index in [0.29, 0.717) is 31.2 Å². The molecule has 1 fully saturated rings. The third-order valence-electron chi connectivity index (χ3n) is 3.66. The van der Waals surface area contributed by atoms with E-state index in [-0.39, 0.29) is 11.9 Å². The Morgan fingerprint density at radius 1 is 1.44 bits per heavy atom. The van der Waals surface area contributed by atoms with Crippen molar-refractivity contribution in [1.29, 1.82) is 0 Å². The van der Waals surface area contributed by atoms with Gasteiger partial charge in [0.15, 0.2) is 0 Å². The van der Waals surface area contributed by atoms with Crippen molar-refractivity contribution in [1.82, 2.24) is 10.2 Å². The summed E-state index contributed by atoms with van der Waals surface area (Å²) in [5.74, 6) is 0.455. The molecule has 104 valence electrons. The maximum absolute atomic E-state index is 11.8. The van der Waals surface area contributed by atoms with Crippen molar-refractivity contribution in [3.05, 3.63) is 0 Å². The summed E-state index contributed by atoms with van der Waals surface area (Å²) in [7, 11) is 1.98. The van der Waals surface area contributed by atoms with Gasteiger partial charge in [-0.1, -0.05) is 13.3 Å². The predicted molar refractivity (Wildman–Crippen MR) is 72.4 cm³/mol. The molecule has 0 heterocycles. The summed E-state index contributed by atoms with van der Waals surface area (Å²) in [6.07, 6.45) is 5.24. The molecule has 1 saturated carbocycles. The number of amides is 1. The summed E-state index contributed by atoms with van der Waals surface area (Å²) in [4.78, 5) is 25.1. The van der Waals surface area contributed by atoms with Crippen LogP contribution in [0.2, 0.25) is 0 Å². The number of ketones is 1.